The summed E-state index contributed by atoms with van der Waals surface area (Å²) in [4.78, 5) is 9.39. The maximum Gasteiger partial charge on any atom is 0.169 e. The van der Waals surface area contributed by atoms with Crippen LogP contribution in [0, 0.1) is 0 Å². The third kappa shape index (κ3) is 5.62. The van der Waals surface area contributed by atoms with Gasteiger partial charge in [-0.3, -0.25) is 9.97 Å². The molecule has 2 aliphatic heterocycles. The van der Waals surface area contributed by atoms with E-state index in [1.54, 1.807) is 33.7 Å². The van der Waals surface area contributed by atoms with Crippen molar-refractivity contribution < 1.29 is 33.2 Å². The van der Waals surface area contributed by atoms with Crippen molar-refractivity contribution >= 4 is 0 Å². The fraction of sp³-hybridized carbons (Fsp3) is 0.852. The van der Waals surface area contributed by atoms with Gasteiger partial charge in [-0.15, -0.1) is 0 Å². The fourth-order valence-corrected chi connectivity index (χ4v) is 6.29. The quantitative estimate of drug-likeness (QED) is 0.495. The Morgan fingerprint density at radius 3 is 1.92 bits per heavy atom. The standard InChI is InChI=1S/C27H42N2O7/c1-30-21(22-17-33-26(35-22)10-6-4-7-11-26)14-19-15-29-20(16-28-19)24(31-2)25(32-3)23-18-34-27(36-23)12-8-5-9-13-27/h15-16,21-25H,4-14,17-18H2,1-3H3/t21?,22-,23-,24?,25?/m1/s1. The minimum absolute atomic E-state index is 0.106. The van der Waals surface area contributed by atoms with Crippen molar-refractivity contribution in [1.82, 2.24) is 9.97 Å². The van der Waals surface area contributed by atoms with Crippen LogP contribution in [0.25, 0.3) is 0 Å². The van der Waals surface area contributed by atoms with Gasteiger partial charge in [-0.05, 0) is 25.7 Å². The molecule has 5 rings (SSSR count). The molecule has 36 heavy (non-hydrogen) atoms. The van der Waals surface area contributed by atoms with Crippen LogP contribution in [0.2, 0.25) is 0 Å². The van der Waals surface area contributed by atoms with Gasteiger partial charge in [0, 0.05) is 59.6 Å². The van der Waals surface area contributed by atoms with Crippen LogP contribution in [0.3, 0.4) is 0 Å². The summed E-state index contributed by atoms with van der Waals surface area (Å²) >= 11 is 0. The van der Waals surface area contributed by atoms with Crippen LogP contribution in [0.4, 0.5) is 0 Å². The van der Waals surface area contributed by atoms with Crippen molar-refractivity contribution in [2.75, 3.05) is 34.5 Å². The Hall–Kier alpha value is -1.20. The van der Waals surface area contributed by atoms with E-state index in [0.717, 1.165) is 57.1 Å². The number of ether oxygens (including phenoxy) is 7. The van der Waals surface area contributed by atoms with Gasteiger partial charge < -0.3 is 33.2 Å². The highest BCUT2D eigenvalue weighted by molar-refractivity contribution is 5.10. The molecular formula is C27H42N2O7. The highest BCUT2D eigenvalue weighted by atomic mass is 16.8. The molecule has 5 atom stereocenters. The van der Waals surface area contributed by atoms with Crippen molar-refractivity contribution in [3.63, 3.8) is 0 Å². The summed E-state index contributed by atoms with van der Waals surface area (Å²) in [7, 11) is 5.06. The molecule has 3 unspecified atom stereocenters. The Morgan fingerprint density at radius 2 is 1.39 bits per heavy atom. The summed E-state index contributed by atoms with van der Waals surface area (Å²) < 4.78 is 42.6. The van der Waals surface area contributed by atoms with Crippen molar-refractivity contribution in [1.29, 1.82) is 0 Å². The van der Waals surface area contributed by atoms with Crippen LogP contribution in [-0.2, 0) is 39.6 Å². The normalized spacial score (nSPS) is 30.0. The molecule has 0 amide bonds. The maximum absolute atomic E-state index is 6.42. The van der Waals surface area contributed by atoms with Crippen molar-refractivity contribution in [3.8, 4) is 0 Å². The molecule has 4 fully saturated rings. The van der Waals surface area contributed by atoms with Crippen LogP contribution < -0.4 is 0 Å². The van der Waals surface area contributed by atoms with Crippen LogP contribution in [0.1, 0.15) is 81.7 Å². The van der Waals surface area contributed by atoms with E-state index in [-0.39, 0.29) is 24.4 Å². The Balaban J connectivity index is 1.21. The molecule has 9 nitrogen and oxygen atoms in total. The summed E-state index contributed by atoms with van der Waals surface area (Å²) in [5.41, 5.74) is 1.54. The molecule has 1 aromatic heterocycles. The van der Waals surface area contributed by atoms with Gasteiger partial charge in [0.15, 0.2) is 11.6 Å². The van der Waals surface area contributed by atoms with Gasteiger partial charge in [0.25, 0.3) is 0 Å². The molecule has 0 bridgehead atoms. The summed E-state index contributed by atoms with van der Waals surface area (Å²) in [5, 5.41) is 0. The molecule has 4 aliphatic rings. The SMILES string of the molecule is COC(c1cnc(CC(OC)[C@H]2COC3(CCCCC3)O2)cn1)C(OC)[C@H]1COC2(CCCCC2)O1. The van der Waals surface area contributed by atoms with Crippen LogP contribution >= 0.6 is 0 Å². The zero-order valence-corrected chi connectivity index (χ0v) is 22.0. The Bertz CT molecular complexity index is 826. The second-order valence-electron chi connectivity index (χ2n) is 10.6. The molecule has 2 saturated carbocycles. The highest BCUT2D eigenvalue weighted by Crippen LogP contribution is 2.41. The fourth-order valence-electron chi connectivity index (χ4n) is 6.29. The summed E-state index contributed by atoms with van der Waals surface area (Å²) in [6, 6.07) is 0. The number of rotatable bonds is 9. The van der Waals surface area contributed by atoms with E-state index in [4.69, 9.17) is 43.1 Å². The monoisotopic (exact) mass is 506 g/mol. The first-order valence-electron chi connectivity index (χ1n) is 13.6. The number of hydrogen-bond donors (Lipinski definition) is 0. The first-order valence-corrected chi connectivity index (χ1v) is 13.6. The van der Waals surface area contributed by atoms with Gasteiger partial charge in [0.1, 0.15) is 24.4 Å². The van der Waals surface area contributed by atoms with Crippen molar-refractivity contribution in [2.24, 2.45) is 0 Å². The van der Waals surface area contributed by atoms with Gasteiger partial charge in [0.05, 0.1) is 36.9 Å². The number of methoxy groups -OCH3 is 3. The molecule has 2 spiro atoms. The molecule has 0 N–H and O–H groups in total. The van der Waals surface area contributed by atoms with Crippen molar-refractivity contribution in [2.45, 2.75) is 113 Å². The average Bonchev–Trinajstić information content (AvgIpc) is 3.51. The van der Waals surface area contributed by atoms with E-state index >= 15 is 0 Å². The molecule has 0 radical (unpaired) electrons. The largest absolute Gasteiger partial charge is 0.378 e. The molecule has 1 aromatic rings. The third-order valence-electron chi connectivity index (χ3n) is 8.32. The summed E-state index contributed by atoms with van der Waals surface area (Å²) in [6.45, 7) is 1.04. The lowest BCUT2D eigenvalue weighted by molar-refractivity contribution is -0.205. The van der Waals surface area contributed by atoms with Gasteiger partial charge in [0.2, 0.25) is 0 Å². The van der Waals surface area contributed by atoms with Gasteiger partial charge in [-0.2, -0.15) is 0 Å². The minimum Gasteiger partial charge on any atom is -0.378 e. The molecule has 2 aliphatic carbocycles. The number of aromatic nitrogens is 2. The lowest BCUT2D eigenvalue weighted by atomic mass is 9.94. The zero-order chi connectivity index (χ0) is 25.0. The first-order chi connectivity index (χ1) is 17.6. The first kappa shape index (κ1) is 26.4. The van der Waals surface area contributed by atoms with E-state index in [1.807, 2.05) is 0 Å². The van der Waals surface area contributed by atoms with Gasteiger partial charge in [-0.25, -0.2) is 0 Å². The van der Waals surface area contributed by atoms with E-state index in [2.05, 4.69) is 0 Å². The molecule has 0 aromatic carbocycles. The van der Waals surface area contributed by atoms with Gasteiger partial charge in [-0.1, -0.05) is 12.8 Å². The van der Waals surface area contributed by atoms with Crippen LogP contribution in [0.15, 0.2) is 12.4 Å². The maximum atomic E-state index is 6.42. The summed E-state index contributed by atoms with van der Waals surface area (Å²) in [6.07, 6.45) is 13.8. The average molecular weight is 507 g/mol. The van der Waals surface area contributed by atoms with Crippen molar-refractivity contribution in [3.05, 3.63) is 23.8 Å². The summed E-state index contributed by atoms with van der Waals surface area (Å²) in [5.74, 6) is -0.886. The lowest BCUT2D eigenvalue weighted by Gasteiger charge is -2.33. The van der Waals surface area contributed by atoms with E-state index in [9.17, 15) is 0 Å². The molecule has 9 heteroatoms. The lowest BCUT2D eigenvalue weighted by Crippen LogP contribution is -2.40. The Morgan fingerprint density at radius 1 is 0.778 bits per heavy atom. The second kappa shape index (κ2) is 11.7. The predicted octanol–water partition coefficient (Wildman–Crippen LogP) is 3.89. The molecule has 3 heterocycles. The molecular weight excluding hydrogens is 464 g/mol. The second-order valence-corrected chi connectivity index (χ2v) is 10.6. The number of nitrogens with zero attached hydrogens (tertiary/aromatic N) is 2. The predicted molar refractivity (Wildman–Crippen MR) is 130 cm³/mol. The molecule has 202 valence electrons. The van der Waals surface area contributed by atoms with Gasteiger partial charge >= 0.3 is 0 Å². The van der Waals surface area contributed by atoms with Crippen LogP contribution in [-0.4, -0.2) is 80.5 Å². The third-order valence-corrected chi connectivity index (χ3v) is 8.32. The van der Waals surface area contributed by atoms with E-state index in [1.165, 1.54) is 12.8 Å². The number of hydrogen-bond acceptors (Lipinski definition) is 9. The Kier molecular flexibility index (Phi) is 8.57. The zero-order valence-electron chi connectivity index (χ0n) is 22.0. The smallest absolute Gasteiger partial charge is 0.169 e. The minimum atomic E-state index is -0.467. The molecule has 2 saturated heterocycles. The van der Waals surface area contributed by atoms with Crippen LogP contribution in [0.5, 0.6) is 0 Å². The van der Waals surface area contributed by atoms with E-state index in [0.29, 0.717) is 25.3 Å². The van der Waals surface area contributed by atoms with E-state index < -0.39 is 17.7 Å². The Labute approximate surface area is 214 Å². The topological polar surface area (TPSA) is 90.4 Å². The highest BCUT2D eigenvalue weighted by Gasteiger charge is 2.48.